The van der Waals surface area contributed by atoms with E-state index in [1.54, 1.807) is 0 Å². The Morgan fingerprint density at radius 2 is 1.96 bits per heavy atom. The van der Waals surface area contributed by atoms with Crippen molar-refractivity contribution in [2.45, 2.75) is 82.8 Å². The first-order chi connectivity index (χ1) is 12.8. The van der Waals surface area contributed by atoms with Crippen LogP contribution in [0.15, 0.2) is 24.4 Å². The molecule has 3 aliphatic rings. The molecule has 0 unspecified atom stereocenters. The monoisotopic (exact) mass is 374 g/mol. The molecule has 5 heteroatoms. The lowest BCUT2D eigenvalue weighted by Gasteiger charge is -2.48. The normalized spacial score (nSPS) is 36.1. The van der Waals surface area contributed by atoms with E-state index in [4.69, 9.17) is 9.47 Å². The highest BCUT2D eigenvalue weighted by Gasteiger charge is 2.53. The maximum atomic E-state index is 10.2. The number of nitrogens with zero attached hydrogens (tertiary/aromatic N) is 2. The molecular weight excluding hydrogens is 340 g/mol. The van der Waals surface area contributed by atoms with Gasteiger partial charge in [0.05, 0.1) is 35.7 Å². The fraction of sp³-hybridized carbons (Fsp3) is 0.773. The van der Waals surface area contributed by atoms with Crippen molar-refractivity contribution in [3.63, 3.8) is 0 Å². The maximum absolute atomic E-state index is 10.2. The second kappa shape index (κ2) is 7.11. The first kappa shape index (κ1) is 19.3. The third-order valence-electron chi connectivity index (χ3n) is 7.13. The Bertz CT molecular complexity index is 642. The summed E-state index contributed by atoms with van der Waals surface area (Å²) in [6, 6.07) is 6.14. The molecule has 1 spiro atoms. The predicted molar refractivity (Wildman–Crippen MR) is 104 cm³/mol. The van der Waals surface area contributed by atoms with Crippen molar-refractivity contribution in [3.05, 3.63) is 30.1 Å². The zero-order chi connectivity index (χ0) is 19.1. The molecule has 0 bridgehead atoms. The number of piperidine rings is 1. The van der Waals surface area contributed by atoms with Crippen LogP contribution in [0.1, 0.15) is 58.6 Å². The van der Waals surface area contributed by atoms with Crippen molar-refractivity contribution in [1.82, 2.24) is 9.88 Å². The first-order valence-corrected chi connectivity index (χ1v) is 10.4. The van der Waals surface area contributed by atoms with Crippen LogP contribution in [0, 0.1) is 5.41 Å². The van der Waals surface area contributed by atoms with E-state index in [0.717, 1.165) is 51.2 Å². The van der Waals surface area contributed by atoms with Gasteiger partial charge in [-0.1, -0.05) is 6.07 Å². The number of rotatable bonds is 3. The maximum Gasteiger partial charge on any atom is 0.0924 e. The summed E-state index contributed by atoms with van der Waals surface area (Å²) in [4.78, 5) is 6.97. The van der Waals surface area contributed by atoms with Crippen LogP contribution in [-0.4, -0.2) is 58.1 Å². The van der Waals surface area contributed by atoms with Crippen LogP contribution < -0.4 is 0 Å². The van der Waals surface area contributed by atoms with E-state index < -0.39 is 11.7 Å². The van der Waals surface area contributed by atoms with E-state index in [0.29, 0.717) is 0 Å². The molecule has 3 aliphatic heterocycles. The summed E-state index contributed by atoms with van der Waals surface area (Å²) in [7, 11) is 0. The summed E-state index contributed by atoms with van der Waals surface area (Å²) in [6.45, 7) is 10.2. The van der Waals surface area contributed by atoms with Gasteiger partial charge in [0, 0.05) is 12.7 Å². The van der Waals surface area contributed by atoms with Crippen LogP contribution in [-0.2, 0) is 16.0 Å². The minimum absolute atomic E-state index is 0.131. The van der Waals surface area contributed by atoms with Crippen molar-refractivity contribution in [2.24, 2.45) is 5.41 Å². The molecule has 0 amide bonds. The Morgan fingerprint density at radius 3 is 2.63 bits per heavy atom. The minimum atomic E-state index is -0.502. The average molecular weight is 375 g/mol. The molecule has 1 N–H and O–H groups in total. The molecule has 27 heavy (non-hydrogen) atoms. The van der Waals surface area contributed by atoms with Gasteiger partial charge in [-0.3, -0.25) is 9.88 Å². The van der Waals surface area contributed by atoms with E-state index in [1.165, 1.54) is 12.8 Å². The molecule has 5 nitrogen and oxygen atoms in total. The standard InChI is InChI=1S/C22H34N2O3/c1-20(2)18(25)7-8-21(3,27-20)19-14-22(16-26-19)9-12-24(13-10-22)15-17-6-4-5-11-23-17/h4-6,11,18-19,25H,7-10,12-16H2,1-3H3/t18-,19+,21+/m0/s1. The summed E-state index contributed by atoms with van der Waals surface area (Å²) in [5.74, 6) is 0. The molecule has 0 aliphatic carbocycles. The average Bonchev–Trinajstić information content (AvgIpc) is 3.06. The summed E-state index contributed by atoms with van der Waals surface area (Å²) in [5.41, 5.74) is 0.644. The van der Waals surface area contributed by atoms with Gasteiger partial charge < -0.3 is 14.6 Å². The number of aliphatic hydroxyl groups is 1. The Balaban J connectivity index is 1.34. The number of aliphatic hydroxyl groups excluding tert-OH is 1. The molecule has 3 saturated heterocycles. The number of hydrogen-bond acceptors (Lipinski definition) is 5. The Labute approximate surface area is 163 Å². The van der Waals surface area contributed by atoms with Gasteiger partial charge in [0.1, 0.15) is 0 Å². The van der Waals surface area contributed by atoms with Crippen LogP contribution in [0.4, 0.5) is 0 Å². The molecule has 4 heterocycles. The van der Waals surface area contributed by atoms with Crippen molar-refractivity contribution in [2.75, 3.05) is 19.7 Å². The highest BCUT2D eigenvalue weighted by molar-refractivity contribution is 5.05. The molecule has 3 fully saturated rings. The van der Waals surface area contributed by atoms with Crippen LogP contribution >= 0.6 is 0 Å². The van der Waals surface area contributed by atoms with Crippen LogP contribution in [0.25, 0.3) is 0 Å². The number of hydrogen-bond donors (Lipinski definition) is 1. The van der Waals surface area contributed by atoms with Crippen LogP contribution in [0.2, 0.25) is 0 Å². The number of likely N-dealkylation sites (tertiary alicyclic amines) is 1. The number of ether oxygens (including phenoxy) is 2. The first-order valence-electron chi connectivity index (χ1n) is 10.4. The molecule has 150 valence electrons. The van der Waals surface area contributed by atoms with E-state index in [-0.39, 0.29) is 17.1 Å². The lowest BCUT2D eigenvalue weighted by Crippen LogP contribution is -2.56. The summed E-state index contributed by atoms with van der Waals surface area (Å²) >= 11 is 0. The highest BCUT2D eigenvalue weighted by Crippen LogP contribution is 2.49. The molecule has 4 rings (SSSR count). The molecule has 0 saturated carbocycles. The van der Waals surface area contributed by atoms with Crippen molar-refractivity contribution < 1.29 is 14.6 Å². The van der Waals surface area contributed by atoms with Gasteiger partial charge in [-0.25, -0.2) is 0 Å². The highest BCUT2D eigenvalue weighted by atomic mass is 16.6. The second-order valence-electron chi connectivity index (χ2n) is 9.67. The van der Waals surface area contributed by atoms with Gasteiger partial charge in [0.2, 0.25) is 0 Å². The Hall–Kier alpha value is -1.01. The zero-order valence-electron chi connectivity index (χ0n) is 17.0. The smallest absolute Gasteiger partial charge is 0.0924 e. The van der Waals surface area contributed by atoms with Crippen LogP contribution in [0.5, 0.6) is 0 Å². The Kier molecular flexibility index (Phi) is 5.08. The lowest BCUT2D eigenvalue weighted by atomic mass is 9.73. The van der Waals surface area contributed by atoms with E-state index in [9.17, 15) is 5.11 Å². The summed E-state index contributed by atoms with van der Waals surface area (Å²) < 4.78 is 12.7. The predicted octanol–water partition coefficient (Wildman–Crippen LogP) is 3.16. The quantitative estimate of drug-likeness (QED) is 0.881. The van der Waals surface area contributed by atoms with Crippen molar-refractivity contribution in [3.8, 4) is 0 Å². The fourth-order valence-electron chi connectivity index (χ4n) is 5.15. The van der Waals surface area contributed by atoms with E-state index >= 15 is 0 Å². The number of pyridine rings is 1. The fourth-order valence-corrected chi connectivity index (χ4v) is 5.15. The summed E-state index contributed by atoms with van der Waals surface area (Å²) in [6.07, 6.45) is 6.70. The SMILES string of the molecule is CC1(C)O[C@@](C)([C@H]2CC3(CCN(Cc4ccccn4)CC3)CO2)CC[C@@H]1O. The van der Waals surface area contributed by atoms with Gasteiger partial charge in [0.25, 0.3) is 0 Å². The lowest BCUT2D eigenvalue weighted by molar-refractivity contribution is -0.245. The van der Waals surface area contributed by atoms with Crippen molar-refractivity contribution in [1.29, 1.82) is 0 Å². The second-order valence-corrected chi connectivity index (χ2v) is 9.67. The molecule has 1 aromatic rings. The largest absolute Gasteiger partial charge is 0.390 e. The summed E-state index contributed by atoms with van der Waals surface area (Å²) in [5, 5.41) is 10.2. The van der Waals surface area contributed by atoms with E-state index in [1.807, 2.05) is 26.1 Å². The molecule has 1 aromatic heterocycles. The number of aromatic nitrogens is 1. The molecule has 0 aromatic carbocycles. The topological polar surface area (TPSA) is 54.8 Å². The van der Waals surface area contributed by atoms with Crippen LogP contribution in [0.3, 0.4) is 0 Å². The zero-order valence-corrected chi connectivity index (χ0v) is 17.0. The molecule has 0 radical (unpaired) electrons. The third kappa shape index (κ3) is 3.93. The van der Waals surface area contributed by atoms with Gasteiger partial charge >= 0.3 is 0 Å². The van der Waals surface area contributed by atoms with Crippen molar-refractivity contribution >= 4 is 0 Å². The minimum Gasteiger partial charge on any atom is -0.390 e. The van der Waals surface area contributed by atoms with E-state index in [2.05, 4.69) is 28.9 Å². The van der Waals surface area contributed by atoms with Gasteiger partial charge in [-0.05, 0) is 83.5 Å². The van der Waals surface area contributed by atoms with Gasteiger partial charge in [-0.2, -0.15) is 0 Å². The van der Waals surface area contributed by atoms with Gasteiger partial charge in [0.15, 0.2) is 0 Å². The van der Waals surface area contributed by atoms with Gasteiger partial charge in [-0.15, -0.1) is 0 Å². The third-order valence-corrected chi connectivity index (χ3v) is 7.13. The molecular formula is C22H34N2O3. The molecule has 3 atom stereocenters. The Morgan fingerprint density at radius 1 is 1.19 bits per heavy atom.